The molecular weight excluding hydrogens is 334 g/mol. The van der Waals surface area contributed by atoms with Crippen molar-refractivity contribution >= 4 is 17.5 Å². The molecule has 2 N–H and O–H groups in total. The largest absolute Gasteiger partial charge is 0.353 e. The van der Waals surface area contributed by atoms with Crippen LogP contribution in [-0.2, 0) is 11.3 Å². The van der Waals surface area contributed by atoms with Crippen LogP contribution in [0.3, 0.4) is 0 Å². The second kappa shape index (κ2) is 9.56. The third kappa shape index (κ3) is 6.28. The number of carbonyl (C=O) groups is 1. The van der Waals surface area contributed by atoms with Gasteiger partial charge in [0.2, 0.25) is 5.91 Å². The summed E-state index contributed by atoms with van der Waals surface area (Å²) in [6.45, 7) is 5.27. The van der Waals surface area contributed by atoms with Crippen molar-refractivity contribution in [2.45, 2.75) is 51.1 Å². The molecule has 1 aromatic rings. The van der Waals surface area contributed by atoms with E-state index in [1.807, 2.05) is 12.1 Å². The number of likely N-dealkylation sites (tertiary alicyclic amines) is 1. The van der Waals surface area contributed by atoms with Gasteiger partial charge in [0.15, 0.2) is 0 Å². The van der Waals surface area contributed by atoms with E-state index in [0.717, 1.165) is 62.9 Å². The highest BCUT2D eigenvalue weighted by molar-refractivity contribution is 6.30. The number of nitrogens with zero attached hydrogens (tertiary/aromatic N) is 1. The number of benzene rings is 1. The van der Waals surface area contributed by atoms with Gasteiger partial charge >= 0.3 is 0 Å². The van der Waals surface area contributed by atoms with Crippen LogP contribution in [0.1, 0.15) is 44.1 Å². The fourth-order valence-electron chi connectivity index (χ4n) is 3.89. The summed E-state index contributed by atoms with van der Waals surface area (Å²) in [6, 6.07) is 8.44. The first-order chi connectivity index (χ1) is 12.2. The zero-order chi connectivity index (χ0) is 17.5. The van der Waals surface area contributed by atoms with Crippen LogP contribution >= 0.6 is 11.6 Å². The van der Waals surface area contributed by atoms with Gasteiger partial charge in [0, 0.05) is 37.1 Å². The number of piperidine rings is 2. The minimum absolute atomic E-state index is 0.245. The molecule has 2 fully saturated rings. The molecule has 0 unspecified atom stereocenters. The lowest BCUT2D eigenvalue weighted by atomic mass is 9.93. The predicted molar refractivity (Wildman–Crippen MR) is 103 cm³/mol. The van der Waals surface area contributed by atoms with Crippen molar-refractivity contribution in [1.82, 2.24) is 15.5 Å². The number of hydrogen-bond donors (Lipinski definition) is 2. The monoisotopic (exact) mass is 363 g/mol. The predicted octanol–water partition coefficient (Wildman–Crippen LogP) is 3.20. The molecule has 0 radical (unpaired) electrons. The van der Waals surface area contributed by atoms with Crippen LogP contribution in [0, 0.1) is 5.92 Å². The van der Waals surface area contributed by atoms with Gasteiger partial charge < -0.3 is 10.6 Å². The first-order valence-electron chi connectivity index (χ1n) is 9.66. The molecule has 0 saturated carbocycles. The molecule has 0 spiro atoms. The van der Waals surface area contributed by atoms with E-state index < -0.39 is 0 Å². The Morgan fingerprint density at radius 1 is 1.12 bits per heavy atom. The van der Waals surface area contributed by atoms with Crippen molar-refractivity contribution in [3.05, 3.63) is 34.9 Å². The maximum absolute atomic E-state index is 12.2. The first-order valence-corrected chi connectivity index (χ1v) is 10.0. The van der Waals surface area contributed by atoms with Gasteiger partial charge in [0.1, 0.15) is 0 Å². The Labute approximate surface area is 156 Å². The Kier molecular flexibility index (Phi) is 7.14. The third-order valence-corrected chi connectivity index (χ3v) is 5.76. The van der Waals surface area contributed by atoms with Crippen molar-refractivity contribution in [1.29, 1.82) is 0 Å². The molecule has 0 bridgehead atoms. The van der Waals surface area contributed by atoms with E-state index in [-0.39, 0.29) is 5.91 Å². The van der Waals surface area contributed by atoms with Crippen molar-refractivity contribution in [2.75, 3.05) is 26.2 Å². The zero-order valence-corrected chi connectivity index (χ0v) is 15.7. The molecule has 5 heteroatoms. The zero-order valence-electron chi connectivity index (χ0n) is 15.0. The van der Waals surface area contributed by atoms with Gasteiger partial charge in [0.05, 0.1) is 0 Å². The molecule has 0 aromatic heterocycles. The molecule has 2 saturated heterocycles. The molecule has 25 heavy (non-hydrogen) atoms. The second-order valence-electron chi connectivity index (χ2n) is 7.48. The van der Waals surface area contributed by atoms with Gasteiger partial charge in [-0.25, -0.2) is 0 Å². The van der Waals surface area contributed by atoms with Gasteiger partial charge in [-0.15, -0.1) is 0 Å². The summed E-state index contributed by atoms with van der Waals surface area (Å²) in [7, 11) is 0. The third-order valence-electron chi connectivity index (χ3n) is 5.51. The minimum Gasteiger partial charge on any atom is -0.353 e. The second-order valence-corrected chi connectivity index (χ2v) is 7.91. The summed E-state index contributed by atoms with van der Waals surface area (Å²) < 4.78 is 0. The van der Waals surface area contributed by atoms with Crippen LogP contribution in [0.4, 0.5) is 0 Å². The number of halogens is 1. The van der Waals surface area contributed by atoms with Gasteiger partial charge in [-0.2, -0.15) is 0 Å². The molecule has 1 amide bonds. The normalized spacial score (nSPS) is 20.5. The fourth-order valence-corrected chi connectivity index (χ4v) is 4.01. The van der Waals surface area contributed by atoms with Crippen LogP contribution < -0.4 is 10.6 Å². The fraction of sp³-hybridized carbons (Fsp3) is 0.650. The highest BCUT2D eigenvalue weighted by Crippen LogP contribution is 2.19. The topological polar surface area (TPSA) is 44.4 Å². The average Bonchev–Trinajstić information content (AvgIpc) is 2.64. The summed E-state index contributed by atoms with van der Waals surface area (Å²) in [5.41, 5.74) is 1.30. The van der Waals surface area contributed by atoms with Crippen LogP contribution in [0.25, 0.3) is 0 Å². The van der Waals surface area contributed by atoms with Crippen LogP contribution in [0.5, 0.6) is 0 Å². The molecule has 0 atom stereocenters. The Morgan fingerprint density at radius 3 is 2.48 bits per heavy atom. The molecule has 0 aliphatic carbocycles. The lowest BCUT2D eigenvalue weighted by molar-refractivity contribution is -0.122. The molecule has 2 aliphatic rings. The van der Waals surface area contributed by atoms with Gasteiger partial charge in [-0.1, -0.05) is 23.7 Å². The molecular formula is C20H30ClN3O. The molecule has 2 heterocycles. The lowest BCUT2D eigenvalue weighted by Crippen LogP contribution is -2.44. The SMILES string of the molecule is O=C(CCC1CCNCC1)NC1CCN(Cc2ccc(Cl)cc2)CC1. The number of amides is 1. The quantitative estimate of drug-likeness (QED) is 0.815. The summed E-state index contributed by atoms with van der Waals surface area (Å²) in [6.07, 6.45) is 6.27. The number of carbonyl (C=O) groups excluding carboxylic acids is 1. The Balaban J connectivity index is 1.33. The first kappa shape index (κ1) is 18.7. The Hall–Kier alpha value is -1.10. The average molecular weight is 364 g/mol. The van der Waals surface area contributed by atoms with Gasteiger partial charge in [-0.05, 0) is 68.8 Å². The molecule has 138 valence electrons. The summed E-state index contributed by atoms with van der Waals surface area (Å²) in [4.78, 5) is 14.7. The van der Waals surface area contributed by atoms with E-state index in [9.17, 15) is 4.79 Å². The lowest BCUT2D eigenvalue weighted by Gasteiger charge is -2.32. The summed E-state index contributed by atoms with van der Waals surface area (Å²) >= 11 is 5.94. The van der Waals surface area contributed by atoms with Crippen molar-refractivity contribution in [3.63, 3.8) is 0 Å². The summed E-state index contributed by atoms with van der Waals surface area (Å²) in [5, 5.41) is 7.42. The highest BCUT2D eigenvalue weighted by atomic mass is 35.5. The minimum atomic E-state index is 0.245. The molecule has 2 aliphatic heterocycles. The van der Waals surface area contributed by atoms with E-state index in [4.69, 9.17) is 11.6 Å². The van der Waals surface area contributed by atoms with Crippen molar-refractivity contribution in [3.8, 4) is 0 Å². The molecule has 1 aromatic carbocycles. The van der Waals surface area contributed by atoms with Crippen LogP contribution in [0.15, 0.2) is 24.3 Å². The Morgan fingerprint density at radius 2 is 1.80 bits per heavy atom. The van der Waals surface area contributed by atoms with Gasteiger partial charge in [-0.3, -0.25) is 9.69 Å². The van der Waals surface area contributed by atoms with E-state index >= 15 is 0 Å². The van der Waals surface area contributed by atoms with Crippen LogP contribution in [-0.4, -0.2) is 43.0 Å². The van der Waals surface area contributed by atoms with Gasteiger partial charge in [0.25, 0.3) is 0 Å². The summed E-state index contributed by atoms with van der Waals surface area (Å²) in [5.74, 6) is 0.975. The van der Waals surface area contributed by atoms with E-state index in [1.165, 1.54) is 18.4 Å². The van der Waals surface area contributed by atoms with E-state index in [0.29, 0.717) is 12.5 Å². The van der Waals surface area contributed by atoms with Crippen LogP contribution in [0.2, 0.25) is 5.02 Å². The number of nitrogens with one attached hydrogen (secondary N) is 2. The molecule has 3 rings (SSSR count). The maximum atomic E-state index is 12.2. The van der Waals surface area contributed by atoms with E-state index in [2.05, 4.69) is 27.7 Å². The standard InChI is InChI=1S/C20H30ClN3O/c21-18-4-1-17(2-5-18)15-24-13-9-19(10-14-24)23-20(25)6-3-16-7-11-22-12-8-16/h1-2,4-5,16,19,22H,3,6-15H2,(H,23,25). The Bertz CT molecular complexity index is 534. The number of rotatable bonds is 6. The van der Waals surface area contributed by atoms with Crippen molar-refractivity contribution < 1.29 is 4.79 Å². The number of hydrogen-bond acceptors (Lipinski definition) is 3. The maximum Gasteiger partial charge on any atom is 0.220 e. The highest BCUT2D eigenvalue weighted by Gasteiger charge is 2.21. The smallest absolute Gasteiger partial charge is 0.220 e. The van der Waals surface area contributed by atoms with Crippen molar-refractivity contribution in [2.24, 2.45) is 5.92 Å². The molecule has 4 nitrogen and oxygen atoms in total. The van der Waals surface area contributed by atoms with E-state index in [1.54, 1.807) is 0 Å².